The fraction of sp³-hybridized carbons (Fsp3) is 0.400. The standard InChI is InChI=1S/C20H24O4/c1-3-23-19(21)18(20(22)24-4-2)16-12-7-5-6-9-13-17-14-10-8-11-15-17/h8,10-12,14-16,18H,3-4,6,9,13H2,1-2H3/b16-12+. The molecule has 1 rings (SSSR count). The maximum absolute atomic E-state index is 11.8. The SMILES string of the molecule is CCOC(=O)C(/C=C/C#CCCCc1ccccc1)C(=O)OCC. The van der Waals surface area contributed by atoms with Crippen molar-refractivity contribution in [1.82, 2.24) is 0 Å². The van der Waals surface area contributed by atoms with Crippen molar-refractivity contribution in [3.05, 3.63) is 48.0 Å². The zero-order valence-corrected chi connectivity index (χ0v) is 14.3. The third kappa shape index (κ3) is 7.64. The maximum atomic E-state index is 11.8. The lowest BCUT2D eigenvalue weighted by molar-refractivity contribution is -0.158. The predicted molar refractivity (Wildman–Crippen MR) is 93.1 cm³/mol. The molecule has 128 valence electrons. The van der Waals surface area contributed by atoms with Crippen molar-refractivity contribution in [2.75, 3.05) is 13.2 Å². The Kier molecular flexibility index (Phi) is 9.72. The van der Waals surface area contributed by atoms with Gasteiger partial charge in [0.25, 0.3) is 0 Å². The summed E-state index contributed by atoms with van der Waals surface area (Å²) in [6.45, 7) is 3.81. The molecule has 0 bridgehead atoms. The van der Waals surface area contributed by atoms with Gasteiger partial charge in [0.1, 0.15) is 0 Å². The molecule has 0 saturated heterocycles. The minimum absolute atomic E-state index is 0.216. The van der Waals surface area contributed by atoms with Gasteiger partial charge in [-0.2, -0.15) is 0 Å². The van der Waals surface area contributed by atoms with Crippen molar-refractivity contribution >= 4 is 11.9 Å². The number of esters is 2. The van der Waals surface area contributed by atoms with Crippen LogP contribution in [0.4, 0.5) is 0 Å². The number of rotatable bonds is 8. The molecule has 0 aliphatic rings. The van der Waals surface area contributed by atoms with E-state index in [0.717, 1.165) is 19.3 Å². The number of carbonyl (C=O) groups is 2. The third-order valence-corrected chi connectivity index (χ3v) is 3.17. The molecule has 1 aromatic carbocycles. The molecule has 0 N–H and O–H groups in total. The lowest BCUT2D eigenvalue weighted by atomic mass is 10.1. The van der Waals surface area contributed by atoms with Gasteiger partial charge in [-0.1, -0.05) is 48.2 Å². The van der Waals surface area contributed by atoms with E-state index in [1.54, 1.807) is 13.8 Å². The summed E-state index contributed by atoms with van der Waals surface area (Å²) in [6, 6.07) is 10.2. The summed E-state index contributed by atoms with van der Waals surface area (Å²) in [6.07, 6.45) is 5.64. The van der Waals surface area contributed by atoms with Crippen molar-refractivity contribution in [2.24, 2.45) is 5.92 Å². The topological polar surface area (TPSA) is 52.6 Å². The lowest BCUT2D eigenvalue weighted by Gasteiger charge is -2.09. The predicted octanol–water partition coefficient (Wildman–Crippen LogP) is 3.31. The number of aryl methyl sites for hydroxylation is 1. The van der Waals surface area contributed by atoms with Crippen LogP contribution in [-0.2, 0) is 25.5 Å². The fourth-order valence-electron chi connectivity index (χ4n) is 2.02. The minimum Gasteiger partial charge on any atom is -0.465 e. The van der Waals surface area contributed by atoms with Crippen LogP contribution in [0.5, 0.6) is 0 Å². The molecule has 0 saturated carbocycles. The van der Waals surface area contributed by atoms with Gasteiger partial charge in [-0.25, -0.2) is 0 Å². The van der Waals surface area contributed by atoms with Crippen molar-refractivity contribution in [3.8, 4) is 11.8 Å². The Bertz CT molecular complexity index is 575. The van der Waals surface area contributed by atoms with E-state index in [4.69, 9.17) is 9.47 Å². The van der Waals surface area contributed by atoms with Gasteiger partial charge in [0.15, 0.2) is 5.92 Å². The van der Waals surface area contributed by atoms with E-state index in [0.29, 0.717) is 0 Å². The summed E-state index contributed by atoms with van der Waals surface area (Å²) in [7, 11) is 0. The summed E-state index contributed by atoms with van der Waals surface area (Å²) in [5.74, 6) is 3.58. The van der Waals surface area contributed by atoms with Gasteiger partial charge >= 0.3 is 11.9 Å². The molecule has 0 aliphatic heterocycles. The molecule has 0 unspecified atom stereocenters. The Balaban J connectivity index is 2.46. The number of unbranched alkanes of at least 4 members (excludes halogenated alkanes) is 1. The summed E-state index contributed by atoms with van der Waals surface area (Å²) in [5, 5.41) is 0. The number of hydrogen-bond acceptors (Lipinski definition) is 4. The highest BCUT2D eigenvalue weighted by Crippen LogP contribution is 2.06. The quantitative estimate of drug-likeness (QED) is 0.318. The second-order valence-corrected chi connectivity index (χ2v) is 5.00. The first-order valence-corrected chi connectivity index (χ1v) is 8.21. The van der Waals surface area contributed by atoms with Gasteiger partial charge in [0, 0.05) is 6.42 Å². The first-order chi connectivity index (χ1) is 11.7. The summed E-state index contributed by atoms with van der Waals surface area (Å²) in [5.41, 5.74) is 1.29. The zero-order chi connectivity index (χ0) is 17.6. The van der Waals surface area contributed by atoms with Crippen LogP contribution in [0, 0.1) is 17.8 Å². The highest BCUT2D eigenvalue weighted by molar-refractivity contribution is 5.97. The first-order valence-electron chi connectivity index (χ1n) is 8.21. The van der Waals surface area contributed by atoms with Crippen LogP contribution in [0.25, 0.3) is 0 Å². The van der Waals surface area contributed by atoms with Crippen LogP contribution >= 0.6 is 0 Å². The smallest absolute Gasteiger partial charge is 0.324 e. The summed E-state index contributed by atoms with van der Waals surface area (Å²) < 4.78 is 9.75. The average molecular weight is 328 g/mol. The van der Waals surface area contributed by atoms with Gasteiger partial charge in [0.2, 0.25) is 0 Å². The van der Waals surface area contributed by atoms with E-state index in [2.05, 4.69) is 24.0 Å². The Morgan fingerprint density at radius 1 is 1.08 bits per heavy atom. The van der Waals surface area contributed by atoms with Crippen LogP contribution in [-0.4, -0.2) is 25.2 Å². The summed E-state index contributed by atoms with van der Waals surface area (Å²) >= 11 is 0. The highest BCUT2D eigenvalue weighted by Gasteiger charge is 2.26. The first kappa shape index (κ1) is 19.5. The van der Waals surface area contributed by atoms with Gasteiger partial charge < -0.3 is 9.47 Å². The molecule has 0 spiro atoms. The van der Waals surface area contributed by atoms with E-state index in [1.165, 1.54) is 17.7 Å². The van der Waals surface area contributed by atoms with Gasteiger partial charge in [-0.15, -0.1) is 0 Å². The average Bonchev–Trinajstić information content (AvgIpc) is 2.58. The second-order valence-electron chi connectivity index (χ2n) is 5.00. The van der Waals surface area contributed by atoms with E-state index in [9.17, 15) is 9.59 Å². The van der Waals surface area contributed by atoms with Crippen molar-refractivity contribution in [3.63, 3.8) is 0 Å². The molecule has 0 fully saturated rings. The molecule has 0 amide bonds. The van der Waals surface area contributed by atoms with Gasteiger partial charge in [0.05, 0.1) is 13.2 Å². The van der Waals surface area contributed by atoms with Crippen LogP contribution in [0.15, 0.2) is 42.5 Å². The Morgan fingerprint density at radius 3 is 2.29 bits per heavy atom. The Morgan fingerprint density at radius 2 is 1.71 bits per heavy atom. The van der Waals surface area contributed by atoms with Crippen LogP contribution in [0.1, 0.15) is 32.3 Å². The summed E-state index contributed by atoms with van der Waals surface area (Å²) in [4.78, 5) is 23.5. The molecule has 0 atom stereocenters. The maximum Gasteiger partial charge on any atom is 0.324 e. The molecular formula is C20H24O4. The zero-order valence-electron chi connectivity index (χ0n) is 14.3. The molecular weight excluding hydrogens is 304 g/mol. The number of hydrogen-bond donors (Lipinski definition) is 0. The minimum atomic E-state index is -1.05. The lowest BCUT2D eigenvalue weighted by Crippen LogP contribution is -2.26. The molecule has 0 heterocycles. The second kappa shape index (κ2) is 12.0. The van der Waals surface area contributed by atoms with Crippen LogP contribution in [0.2, 0.25) is 0 Å². The van der Waals surface area contributed by atoms with E-state index in [-0.39, 0.29) is 13.2 Å². The molecule has 1 aromatic rings. The van der Waals surface area contributed by atoms with Crippen LogP contribution in [0.3, 0.4) is 0 Å². The molecule has 0 radical (unpaired) electrons. The largest absolute Gasteiger partial charge is 0.465 e. The molecule has 0 aliphatic carbocycles. The fourth-order valence-corrected chi connectivity index (χ4v) is 2.02. The van der Waals surface area contributed by atoms with Crippen LogP contribution < -0.4 is 0 Å². The van der Waals surface area contributed by atoms with E-state index in [1.807, 2.05) is 18.2 Å². The van der Waals surface area contributed by atoms with Gasteiger partial charge in [-0.05, 0) is 38.3 Å². The van der Waals surface area contributed by atoms with E-state index < -0.39 is 17.9 Å². The third-order valence-electron chi connectivity index (χ3n) is 3.17. The highest BCUT2D eigenvalue weighted by atomic mass is 16.6. The number of carbonyl (C=O) groups excluding carboxylic acids is 2. The van der Waals surface area contributed by atoms with Crippen molar-refractivity contribution in [1.29, 1.82) is 0 Å². The number of benzene rings is 1. The Labute approximate surface area is 143 Å². The number of ether oxygens (including phenoxy) is 2. The Hall–Kier alpha value is -2.54. The van der Waals surface area contributed by atoms with E-state index >= 15 is 0 Å². The number of allylic oxidation sites excluding steroid dienone is 1. The molecule has 24 heavy (non-hydrogen) atoms. The molecule has 4 nitrogen and oxygen atoms in total. The van der Waals surface area contributed by atoms with Gasteiger partial charge in [-0.3, -0.25) is 9.59 Å². The van der Waals surface area contributed by atoms with Crippen molar-refractivity contribution in [2.45, 2.75) is 33.1 Å². The molecule has 4 heteroatoms. The monoisotopic (exact) mass is 328 g/mol. The molecule has 0 aromatic heterocycles. The normalized spacial score (nSPS) is 10.3. The van der Waals surface area contributed by atoms with Crippen molar-refractivity contribution < 1.29 is 19.1 Å².